The number of pyridine rings is 1. The summed E-state index contributed by atoms with van der Waals surface area (Å²) in [6.07, 6.45) is 1.88. The number of anilines is 1. The lowest BCUT2D eigenvalue weighted by molar-refractivity contribution is 0.779. The molecule has 0 aromatic carbocycles. The monoisotopic (exact) mass is 247 g/mol. The Balaban J connectivity index is 2.06. The van der Waals surface area contributed by atoms with Crippen molar-refractivity contribution in [3.8, 4) is 0 Å². The first-order chi connectivity index (χ1) is 8.16. The smallest absolute Gasteiger partial charge is 0.0569 e. The van der Waals surface area contributed by atoms with Gasteiger partial charge in [0.05, 0.1) is 24.1 Å². The fourth-order valence-corrected chi connectivity index (χ4v) is 2.38. The van der Waals surface area contributed by atoms with Crippen molar-refractivity contribution in [1.29, 1.82) is 0 Å². The van der Waals surface area contributed by atoms with E-state index in [4.69, 9.17) is 5.73 Å². The predicted molar refractivity (Wildman–Crippen MR) is 73.3 cm³/mol. The molecule has 0 radical (unpaired) electrons. The van der Waals surface area contributed by atoms with Crippen molar-refractivity contribution >= 4 is 17.0 Å². The Morgan fingerprint density at radius 1 is 1.41 bits per heavy atom. The van der Waals surface area contributed by atoms with Crippen LogP contribution in [0, 0.1) is 0 Å². The molecule has 0 spiro atoms. The van der Waals surface area contributed by atoms with E-state index in [1.54, 1.807) is 11.3 Å². The molecule has 4 heteroatoms. The number of nitrogens with zero attached hydrogens (tertiary/aromatic N) is 2. The van der Waals surface area contributed by atoms with Crippen molar-refractivity contribution in [2.24, 2.45) is 5.73 Å². The lowest BCUT2D eigenvalue weighted by atomic mass is 10.2. The summed E-state index contributed by atoms with van der Waals surface area (Å²) in [5, 5.41) is 2.10. The maximum Gasteiger partial charge on any atom is 0.0569 e. The normalized spacial score (nSPS) is 12.4. The van der Waals surface area contributed by atoms with Crippen LogP contribution >= 0.6 is 11.3 Å². The van der Waals surface area contributed by atoms with Gasteiger partial charge in [0.15, 0.2) is 0 Å². The van der Waals surface area contributed by atoms with E-state index < -0.39 is 0 Å². The zero-order valence-corrected chi connectivity index (χ0v) is 10.9. The molecule has 0 aliphatic carbocycles. The van der Waals surface area contributed by atoms with Crippen molar-refractivity contribution in [2.45, 2.75) is 19.5 Å². The third-order valence-electron chi connectivity index (χ3n) is 2.65. The second-order valence-electron chi connectivity index (χ2n) is 4.17. The van der Waals surface area contributed by atoms with E-state index in [0.29, 0.717) is 0 Å². The molecule has 0 saturated heterocycles. The summed E-state index contributed by atoms with van der Waals surface area (Å²) in [7, 11) is 2.07. The van der Waals surface area contributed by atoms with Gasteiger partial charge < -0.3 is 10.6 Å². The first kappa shape index (κ1) is 12.1. The number of nitrogens with two attached hydrogens (primary N) is 1. The van der Waals surface area contributed by atoms with Gasteiger partial charge in [-0.15, -0.1) is 11.3 Å². The Bertz CT molecular complexity index is 448. The lowest BCUT2D eigenvalue weighted by Crippen LogP contribution is -2.16. The van der Waals surface area contributed by atoms with Gasteiger partial charge in [-0.05, 0) is 30.5 Å². The molecule has 0 bridgehead atoms. The first-order valence-electron chi connectivity index (χ1n) is 5.62. The van der Waals surface area contributed by atoms with Crippen LogP contribution in [0.25, 0.3) is 0 Å². The number of aromatic nitrogens is 1. The Labute approximate surface area is 106 Å². The summed E-state index contributed by atoms with van der Waals surface area (Å²) < 4.78 is 0. The highest BCUT2D eigenvalue weighted by atomic mass is 32.1. The third-order valence-corrected chi connectivity index (χ3v) is 3.51. The van der Waals surface area contributed by atoms with Gasteiger partial charge in [0.2, 0.25) is 0 Å². The molecule has 0 fully saturated rings. The molecule has 2 aromatic rings. The van der Waals surface area contributed by atoms with Gasteiger partial charge in [-0.1, -0.05) is 6.07 Å². The molecular weight excluding hydrogens is 230 g/mol. The first-order valence-corrected chi connectivity index (χ1v) is 6.50. The molecule has 0 unspecified atom stereocenters. The second-order valence-corrected chi connectivity index (χ2v) is 5.20. The summed E-state index contributed by atoms with van der Waals surface area (Å²) in [4.78, 5) is 7.90. The van der Waals surface area contributed by atoms with E-state index in [9.17, 15) is 0 Å². The van der Waals surface area contributed by atoms with Crippen molar-refractivity contribution in [3.05, 3.63) is 46.4 Å². The van der Waals surface area contributed by atoms with Crippen LogP contribution in [-0.4, -0.2) is 12.0 Å². The Morgan fingerprint density at radius 2 is 2.24 bits per heavy atom. The molecule has 17 heavy (non-hydrogen) atoms. The third kappa shape index (κ3) is 3.05. The largest absolute Gasteiger partial charge is 0.368 e. The average Bonchev–Trinajstić information content (AvgIpc) is 2.82. The summed E-state index contributed by atoms with van der Waals surface area (Å²) >= 11 is 1.77. The Hall–Kier alpha value is -1.39. The van der Waals surface area contributed by atoms with Gasteiger partial charge in [0.25, 0.3) is 0 Å². The number of thiophene rings is 1. The maximum absolute atomic E-state index is 5.78. The molecule has 0 saturated carbocycles. The van der Waals surface area contributed by atoms with E-state index in [0.717, 1.165) is 17.9 Å². The molecule has 0 aliphatic heterocycles. The predicted octanol–water partition coefficient (Wildman–Crippen LogP) is 2.80. The van der Waals surface area contributed by atoms with E-state index in [1.165, 1.54) is 4.88 Å². The van der Waals surface area contributed by atoms with Crippen molar-refractivity contribution < 1.29 is 0 Å². The summed E-state index contributed by atoms with van der Waals surface area (Å²) in [6, 6.07) is 8.27. The topological polar surface area (TPSA) is 42.1 Å². The van der Waals surface area contributed by atoms with Crippen molar-refractivity contribution in [3.63, 3.8) is 0 Å². The molecule has 0 amide bonds. The van der Waals surface area contributed by atoms with E-state index >= 15 is 0 Å². The van der Waals surface area contributed by atoms with Crippen LogP contribution in [-0.2, 0) is 6.54 Å². The maximum atomic E-state index is 5.78. The highest BCUT2D eigenvalue weighted by molar-refractivity contribution is 7.09. The van der Waals surface area contributed by atoms with Crippen LogP contribution in [0.5, 0.6) is 0 Å². The van der Waals surface area contributed by atoms with Gasteiger partial charge in [-0.3, -0.25) is 4.98 Å². The lowest BCUT2D eigenvalue weighted by Gasteiger charge is -2.18. The van der Waals surface area contributed by atoms with Gasteiger partial charge >= 0.3 is 0 Å². The summed E-state index contributed by atoms with van der Waals surface area (Å²) in [5.74, 6) is 0. The van der Waals surface area contributed by atoms with Crippen LogP contribution in [0.1, 0.15) is 23.5 Å². The zero-order valence-electron chi connectivity index (χ0n) is 10.1. The quantitative estimate of drug-likeness (QED) is 0.903. The fraction of sp³-hybridized carbons (Fsp3) is 0.308. The van der Waals surface area contributed by atoms with Crippen molar-refractivity contribution in [1.82, 2.24) is 4.98 Å². The second kappa shape index (κ2) is 5.29. The van der Waals surface area contributed by atoms with Crippen LogP contribution in [0.15, 0.2) is 35.8 Å². The minimum absolute atomic E-state index is 0.00773. The minimum Gasteiger partial charge on any atom is -0.368 e. The number of rotatable bonds is 4. The number of hydrogen-bond acceptors (Lipinski definition) is 4. The summed E-state index contributed by atoms with van der Waals surface area (Å²) in [6.45, 7) is 2.86. The van der Waals surface area contributed by atoms with Gasteiger partial charge in [0.1, 0.15) is 0 Å². The highest BCUT2D eigenvalue weighted by Gasteiger charge is 2.05. The molecule has 2 aromatic heterocycles. The highest BCUT2D eigenvalue weighted by Crippen LogP contribution is 2.18. The average molecular weight is 247 g/mol. The molecule has 3 nitrogen and oxygen atoms in total. The van der Waals surface area contributed by atoms with Crippen LogP contribution in [0.2, 0.25) is 0 Å². The Morgan fingerprint density at radius 3 is 2.76 bits per heavy atom. The standard InChI is InChI=1S/C13H17N3S/c1-10(14)13-6-5-11(8-15-13)16(2)9-12-4-3-7-17-12/h3-8,10H,9,14H2,1-2H3/t10-/m0/s1. The molecule has 2 heterocycles. The van der Waals surface area contributed by atoms with Gasteiger partial charge in [-0.25, -0.2) is 0 Å². The van der Waals surface area contributed by atoms with E-state index in [1.807, 2.05) is 19.2 Å². The molecule has 90 valence electrons. The van der Waals surface area contributed by atoms with Gasteiger partial charge in [0, 0.05) is 18.0 Å². The van der Waals surface area contributed by atoms with Crippen LogP contribution in [0.4, 0.5) is 5.69 Å². The fourth-order valence-electron chi connectivity index (χ4n) is 1.62. The molecule has 0 aliphatic rings. The molecule has 2 N–H and O–H groups in total. The SMILES string of the molecule is C[C@H](N)c1ccc(N(C)Cc2cccs2)cn1. The number of hydrogen-bond donors (Lipinski definition) is 1. The molecule has 2 rings (SSSR count). The van der Waals surface area contributed by atoms with Crippen LogP contribution < -0.4 is 10.6 Å². The van der Waals surface area contributed by atoms with Crippen molar-refractivity contribution in [2.75, 3.05) is 11.9 Å². The molecule has 1 atom stereocenters. The Kier molecular flexibility index (Phi) is 3.76. The van der Waals surface area contributed by atoms with E-state index in [2.05, 4.69) is 40.5 Å². The van der Waals surface area contributed by atoms with Crippen LogP contribution in [0.3, 0.4) is 0 Å². The zero-order chi connectivity index (χ0) is 12.3. The minimum atomic E-state index is -0.00773. The van der Waals surface area contributed by atoms with E-state index in [-0.39, 0.29) is 6.04 Å². The summed E-state index contributed by atoms with van der Waals surface area (Å²) in [5.41, 5.74) is 7.82. The molecular formula is C13H17N3S. The van der Waals surface area contributed by atoms with Gasteiger partial charge in [-0.2, -0.15) is 0 Å².